The van der Waals surface area contributed by atoms with Crippen LogP contribution in [0, 0.1) is 5.41 Å². The Kier molecular flexibility index (Phi) is 4.36. The number of nitrogens with zero attached hydrogens (tertiary/aromatic N) is 2. The first-order valence-electron chi connectivity index (χ1n) is 6.62. The summed E-state index contributed by atoms with van der Waals surface area (Å²) in [6, 6.07) is 3.15. The average molecular weight is 301 g/mol. The Balaban J connectivity index is 2.17. The summed E-state index contributed by atoms with van der Waals surface area (Å²) in [7, 11) is 0. The third-order valence-electron chi connectivity index (χ3n) is 4.24. The molecule has 0 aliphatic carbocycles. The van der Waals surface area contributed by atoms with Gasteiger partial charge in [0.1, 0.15) is 10.3 Å². The maximum atomic E-state index is 12.5. The zero-order valence-corrected chi connectivity index (χ0v) is 12.8. The van der Waals surface area contributed by atoms with Gasteiger partial charge in [0.2, 0.25) is 0 Å². The van der Waals surface area contributed by atoms with Crippen molar-refractivity contribution in [1.29, 1.82) is 0 Å². The third-order valence-corrected chi connectivity index (χ3v) is 4.62. The number of carbonyl (C=O) groups excluding carboxylic acids is 1. The number of carbonyl (C=O) groups is 1. The molecule has 1 aromatic rings. The summed E-state index contributed by atoms with van der Waals surface area (Å²) in [6.45, 7) is 6.00. The van der Waals surface area contributed by atoms with Crippen LogP contribution in [0.5, 0.6) is 0 Å². The Morgan fingerprint density at radius 1 is 1.32 bits per heavy atom. The summed E-state index contributed by atoms with van der Waals surface area (Å²) in [5.41, 5.74) is 0.795. The van der Waals surface area contributed by atoms with E-state index in [1.165, 1.54) is 0 Å². The van der Waals surface area contributed by atoms with Crippen molar-refractivity contribution < 1.29 is 4.79 Å². The maximum Gasteiger partial charge on any atom is 0.254 e. The van der Waals surface area contributed by atoms with Gasteiger partial charge in [0.25, 0.3) is 5.91 Å². The summed E-state index contributed by atoms with van der Waals surface area (Å²) in [5.74, 6) is -0.00465. The minimum Gasteiger partial charge on any atom is -0.338 e. The fourth-order valence-corrected chi connectivity index (χ4v) is 3.17. The Morgan fingerprint density at radius 3 is 2.37 bits per heavy atom. The zero-order valence-electron chi connectivity index (χ0n) is 11.2. The van der Waals surface area contributed by atoms with Crippen LogP contribution in [-0.4, -0.2) is 28.9 Å². The summed E-state index contributed by atoms with van der Waals surface area (Å²) in [4.78, 5) is 18.2. The molecule has 3 nitrogen and oxygen atoms in total. The number of halogens is 2. The van der Waals surface area contributed by atoms with E-state index in [4.69, 9.17) is 23.2 Å². The van der Waals surface area contributed by atoms with Gasteiger partial charge in [-0.2, -0.15) is 0 Å². The molecule has 1 aromatic heterocycles. The van der Waals surface area contributed by atoms with E-state index in [1.54, 1.807) is 12.1 Å². The lowest BCUT2D eigenvalue weighted by Gasteiger charge is -2.26. The zero-order chi connectivity index (χ0) is 14.0. The Labute approximate surface area is 123 Å². The van der Waals surface area contributed by atoms with Crippen LogP contribution in [0.1, 0.15) is 43.5 Å². The highest BCUT2D eigenvalue weighted by atomic mass is 35.5. The Bertz CT molecular complexity index is 466. The van der Waals surface area contributed by atoms with Crippen molar-refractivity contribution in [1.82, 2.24) is 9.88 Å². The van der Waals surface area contributed by atoms with E-state index in [-0.39, 0.29) is 21.6 Å². The molecular formula is C14H18Cl2N2O. The highest BCUT2D eigenvalue weighted by Crippen LogP contribution is 2.37. The number of rotatable bonds is 3. The van der Waals surface area contributed by atoms with Crippen LogP contribution in [0.15, 0.2) is 12.1 Å². The van der Waals surface area contributed by atoms with Crippen LogP contribution < -0.4 is 0 Å². The predicted molar refractivity (Wildman–Crippen MR) is 77.8 cm³/mol. The topological polar surface area (TPSA) is 33.2 Å². The molecule has 0 bridgehead atoms. The first-order valence-corrected chi connectivity index (χ1v) is 7.37. The third kappa shape index (κ3) is 3.03. The largest absolute Gasteiger partial charge is 0.338 e. The van der Waals surface area contributed by atoms with Crippen molar-refractivity contribution in [3.05, 3.63) is 28.0 Å². The van der Waals surface area contributed by atoms with Gasteiger partial charge < -0.3 is 4.90 Å². The molecule has 1 saturated heterocycles. The van der Waals surface area contributed by atoms with Crippen molar-refractivity contribution in [2.24, 2.45) is 5.41 Å². The Hall–Kier alpha value is -0.800. The van der Waals surface area contributed by atoms with Crippen LogP contribution >= 0.6 is 23.2 Å². The normalized spacial score (nSPS) is 17.8. The van der Waals surface area contributed by atoms with E-state index in [0.717, 1.165) is 32.4 Å². The van der Waals surface area contributed by atoms with Gasteiger partial charge in [-0.05, 0) is 36.8 Å². The van der Waals surface area contributed by atoms with Crippen LogP contribution in [-0.2, 0) is 0 Å². The van der Waals surface area contributed by atoms with Gasteiger partial charge in [0.05, 0.1) is 0 Å². The summed E-state index contributed by atoms with van der Waals surface area (Å²) < 4.78 is 0. The molecule has 0 atom stereocenters. The fraction of sp³-hybridized carbons (Fsp3) is 0.571. The van der Waals surface area contributed by atoms with Crippen LogP contribution in [0.4, 0.5) is 0 Å². The van der Waals surface area contributed by atoms with Crippen molar-refractivity contribution in [2.45, 2.75) is 33.1 Å². The molecule has 1 aliphatic rings. The SMILES string of the molecule is CCC1(CC)CCN(C(=O)c2cc(Cl)nc(Cl)c2)C1. The van der Waals surface area contributed by atoms with Gasteiger partial charge in [-0.15, -0.1) is 0 Å². The van der Waals surface area contributed by atoms with Gasteiger partial charge in [-0.25, -0.2) is 4.98 Å². The quantitative estimate of drug-likeness (QED) is 0.789. The number of hydrogen-bond donors (Lipinski definition) is 0. The van der Waals surface area contributed by atoms with Gasteiger partial charge >= 0.3 is 0 Å². The monoisotopic (exact) mass is 300 g/mol. The molecule has 1 amide bonds. The van der Waals surface area contributed by atoms with Crippen molar-refractivity contribution in [2.75, 3.05) is 13.1 Å². The molecule has 0 aromatic carbocycles. The second-order valence-corrected chi connectivity index (χ2v) is 5.96. The smallest absolute Gasteiger partial charge is 0.254 e. The van der Waals surface area contributed by atoms with Crippen molar-refractivity contribution >= 4 is 29.1 Å². The molecule has 5 heteroatoms. The number of pyridine rings is 1. The van der Waals surface area contributed by atoms with Crippen molar-refractivity contribution in [3.63, 3.8) is 0 Å². The first-order chi connectivity index (χ1) is 8.99. The molecule has 0 saturated carbocycles. The van der Waals surface area contributed by atoms with Gasteiger partial charge in [0, 0.05) is 18.7 Å². The minimum absolute atomic E-state index is 0.00465. The highest BCUT2D eigenvalue weighted by Gasteiger charge is 2.37. The standard InChI is InChI=1S/C14H18Cl2N2O/c1-3-14(4-2)5-6-18(9-14)13(19)10-7-11(15)17-12(16)8-10/h7-8H,3-6,9H2,1-2H3. The Morgan fingerprint density at radius 2 is 1.89 bits per heavy atom. The second-order valence-electron chi connectivity index (χ2n) is 5.19. The van der Waals surface area contributed by atoms with Crippen molar-refractivity contribution in [3.8, 4) is 0 Å². The molecule has 2 heterocycles. The second kappa shape index (κ2) is 5.68. The van der Waals surface area contributed by atoms with E-state index in [1.807, 2.05) is 4.90 Å². The molecule has 0 N–H and O–H groups in total. The van der Waals surface area contributed by atoms with Gasteiger partial charge in [-0.3, -0.25) is 4.79 Å². The van der Waals surface area contributed by atoms with Crippen LogP contribution in [0.25, 0.3) is 0 Å². The average Bonchev–Trinajstić information content (AvgIpc) is 2.82. The fourth-order valence-electron chi connectivity index (χ4n) is 2.71. The van der Waals surface area contributed by atoms with Gasteiger partial charge in [0.15, 0.2) is 0 Å². The predicted octanol–water partition coefficient (Wildman–Crippen LogP) is 4.04. The van der Waals surface area contributed by atoms with E-state index in [0.29, 0.717) is 5.56 Å². The molecule has 1 aliphatic heterocycles. The number of hydrogen-bond acceptors (Lipinski definition) is 2. The molecule has 0 unspecified atom stereocenters. The first kappa shape index (κ1) is 14.6. The lowest BCUT2D eigenvalue weighted by Crippen LogP contribution is -2.31. The molecule has 1 fully saturated rings. The molecule has 104 valence electrons. The molecule has 0 spiro atoms. The number of likely N-dealkylation sites (tertiary alicyclic amines) is 1. The minimum atomic E-state index is -0.00465. The van der Waals surface area contributed by atoms with Crippen LogP contribution in [0.3, 0.4) is 0 Å². The maximum absolute atomic E-state index is 12.5. The van der Waals surface area contributed by atoms with E-state index in [9.17, 15) is 4.79 Å². The summed E-state index contributed by atoms with van der Waals surface area (Å²) in [5, 5.41) is 0.514. The highest BCUT2D eigenvalue weighted by molar-refractivity contribution is 6.33. The van der Waals surface area contributed by atoms with E-state index in [2.05, 4.69) is 18.8 Å². The molecule has 0 radical (unpaired) electrons. The lowest BCUT2D eigenvalue weighted by molar-refractivity contribution is 0.0769. The number of amides is 1. The molecule has 2 rings (SSSR count). The summed E-state index contributed by atoms with van der Waals surface area (Å²) >= 11 is 11.7. The number of aromatic nitrogens is 1. The van der Waals surface area contributed by atoms with Gasteiger partial charge in [-0.1, -0.05) is 37.0 Å². The summed E-state index contributed by atoms with van der Waals surface area (Å²) in [6.07, 6.45) is 3.27. The molecule has 19 heavy (non-hydrogen) atoms. The van der Waals surface area contributed by atoms with E-state index < -0.39 is 0 Å². The van der Waals surface area contributed by atoms with Crippen LogP contribution in [0.2, 0.25) is 10.3 Å². The lowest BCUT2D eigenvalue weighted by atomic mass is 9.82. The molecular weight excluding hydrogens is 283 g/mol. The van der Waals surface area contributed by atoms with E-state index >= 15 is 0 Å².